The molecular formula is C15H19FN2O3. The van der Waals surface area contributed by atoms with E-state index in [-0.39, 0.29) is 30.5 Å². The van der Waals surface area contributed by atoms with Gasteiger partial charge in [0.2, 0.25) is 11.8 Å². The number of benzene rings is 1. The summed E-state index contributed by atoms with van der Waals surface area (Å²) in [6.07, 6.45) is 1.57. The number of methoxy groups -OCH3 is 1. The van der Waals surface area contributed by atoms with Crippen molar-refractivity contribution < 1.29 is 18.7 Å². The Balaban J connectivity index is 2.36. The minimum atomic E-state index is -0.542. The molecule has 1 atom stereocenters. The number of carbonyl (C=O) groups excluding carboxylic acids is 2. The van der Waals surface area contributed by atoms with Crippen LogP contribution in [0.25, 0.3) is 0 Å². The maximum atomic E-state index is 13.3. The van der Waals surface area contributed by atoms with Crippen molar-refractivity contribution in [3.05, 3.63) is 24.0 Å². The van der Waals surface area contributed by atoms with Gasteiger partial charge in [0.1, 0.15) is 17.6 Å². The van der Waals surface area contributed by atoms with E-state index in [1.165, 1.54) is 30.2 Å². The number of nitrogens with zero attached hydrogens (tertiary/aromatic N) is 1. The van der Waals surface area contributed by atoms with Gasteiger partial charge in [0.25, 0.3) is 0 Å². The molecule has 0 bridgehead atoms. The van der Waals surface area contributed by atoms with Gasteiger partial charge in [-0.25, -0.2) is 4.39 Å². The number of nitrogens with one attached hydrogen (secondary N) is 1. The second-order valence-electron chi connectivity index (χ2n) is 4.96. The Morgan fingerprint density at radius 2 is 2.19 bits per heavy atom. The molecule has 1 aromatic carbocycles. The molecule has 1 unspecified atom stereocenters. The summed E-state index contributed by atoms with van der Waals surface area (Å²) in [4.78, 5) is 25.8. The van der Waals surface area contributed by atoms with Gasteiger partial charge in [0.15, 0.2) is 0 Å². The molecule has 1 N–H and O–H groups in total. The number of anilines is 1. The molecule has 6 heteroatoms. The summed E-state index contributed by atoms with van der Waals surface area (Å²) in [5, 5.41) is 2.73. The quantitative estimate of drug-likeness (QED) is 0.922. The lowest BCUT2D eigenvalue weighted by atomic mass is 10.1. The van der Waals surface area contributed by atoms with Gasteiger partial charge in [0, 0.05) is 19.0 Å². The minimum absolute atomic E-state index is 0.148. The van der Waals surface area contributed by atoms with Crippen molar-refractivity contribution in [1.29, 1.82) is 0 Å². The lowest BCUT2D eigenvalue weighted by Gasteiger charge is -2.25. The van der Waals surface area contributed by atoms with Gasteiger partial charge in [-0.3, -0.25) is 9.59 Å². The van der Waals surface area contributed by atoms with Crippen LogP contribution in [0.2, 0.25) is 0 Å². The molecule has 114 valence electrons. The Hall–Kier alpha value is -2.11. The first-order chi connectivity index (χ1) is 10.1. The third-order valence-electron chi connectivity index (χ3n) is 3.47. The summed E-state index contributed by atoms with van der Waals surface area (Å²) >= 11 is 0. The maximum Gasteiger partial charge on any atom is 0.249 e. The van der Waals surface area contributed by atoms with E-state index in [1.54, 1.807) is 0 Å². The smallest absolute Gasteiger partial charge is 0.249 e. The average molecular weight is 294 g/mol. The number of halogens is 1. The monoisotopic (exact) mass is 294 g/mol. The molecule has 1 aliphatic rings. The Labute approximate surface area is 123 Å². The van der Waals surface area contributed by atoms with Crippen LogP contribution in [0.5, 0.6) is 5.75 Å². The number of carbonyl (C=O) groups is 2. The van der Waals surface area contributed by atoms with E-state index in [2.05, 4.69) is 5.32 Å². The first-order valence-electron chi connectivity index (χ1n) is 7.01. The lowest BCUT2D eigenvalue weighted by molar-refractivity contribution is -0.125. The van der Waals surface area contributed by atoms with Crippen molar-refractivity contribution in [3.63, 3.8) is 0 Å². The van der Waals surface area contributed by atoms with E-state index in [9.17, 15) is 14.0 Å². The predicted molar refractivity (Wildman–Crippen MR) is 76.8 cm³/mol. The van der Waals surface area contributed by atoms with Gasteiger partial charge in [-0.05, 0) is 18.6 Å². The summed E-state index contributed by atoms with van der Waals surface area (Å²) in [6, 6.07) is 3.47. The van der Waals surface area contributed by atoms with Gasteiger partial charge < -0.3 is 15.0 Å². The number of amides is 2. The predicted octanol–water partition coefficient (Wildman–Crippen LogP) is 1.86. The zero-order valence-electron chi connectivity index (χ0n) is 12.2. The molecule has 0 aliphatic carbocycles. The number of hydrogen-bond acceptors (Lipinski definition) is 3. The molecule has 0 spiro atoms. The Bertz CT molecular complexity index is 548. The molecule has 2 amide bonds. The van der Waals surface area contributed by atoms with E-state index >= 15 is 0 Å². The van der Waals surface area contributed by atoms with Gasteiger partial charge in [-0.1, -0.05) is 13.3 Å². The highest BCUT2D eigenvalue weighted by Crippen LogP contribution is 2.30. The first kappa shape index (κ1) is 15.3. The zero-order valence-corrected chi connectivity index (χ0v) is 12.2. The number of hydrogen-bond donors (Lipinski definition) is 1. The SMILES string of the molecule is CCCC1NC(=O)CCN(c2ccc(F)cc2OC)C1=O. The van der Waals surface area contributed by atoms with Crippen molar-refractivity contribution in [3.8, 4) is 5.75 Å². The van der Waals surface area contributed by atoms with E-state index in [0.29, 0.717) is 12.1 Å². The summed E-state index contributed by atoms with van der Waals surface area (Å²) in [5.41, 5.74) is 0.488. The van der Waals surface area contributed by atoms with Crippen molar-refractivity contribution >= 4 is 17.5 Å². The summed E-state index contributed by atoms with van der Waals surface area (Å²) < 4.78 is 18.4. The largest absolute Gasteiger partial charge is 0.494 e. The highest BCUT2D eigenvalue weighted by molar-refractivity contribution is 6.02. The molecule has 1 heterocycles. The van der Waals surface area contributed by atoms with E-state index in [4.69, 9.17) is 4.74 Å². The topological polar surface area (TPSA) is 58.6 Å². The number of ether oxygens (including phenoxy) is 1. The highest BCUT2D eigenvalue weighted by atomic mass is 19.1. The standard InChI is InChI=1S/C15H19FN2O3/c1-3-4-11-15(20)18(8-7-14(19)17-11)12-6-5-10(16)9-13(12)21-2/h5-6,9,11H,3-4,7-8H2,1-2H3,(H,17,19). The van der Waals surface area contributed by atoms with Gasteiger partial charge in [-0.15, -0.1) is 0 Å². The van der Waals surface area contributed by atoms with Crippen LogP contribution >= 0.6 is 0 Å². The lowest BCUT2D eigenvalue weighted by Crippen LogP contribution is -2.44. The molecule has 0 saturated carbocycles. The average Bonchev–Trinajstić information content (AvgIpc) is 2.60. The molecule has 1 aromatic rings. The van der Waals surface area contributed by atoms with Crippen LogP contribution in [0.15, 0.2) is 18.2 Å². The van der Waals surface area contributed by atoms with Crippen LogP contribution in [0.3, 0.4) is 0 Å². The van der Waals surface area contributed by atoms with Gasteiger partial charge in [0.05, 0.1) is 12.8 Å². The molecule has 1 saturated heterocycles. The van der Waals surface area contributed by atoms with Crippen LogP contribution in [0.1, 0.15) is 26.2 Å². The van der Waals surface area contributed by atoms with Gasteiger partial charge >= 0.3 is 0 Å². The van der Waals surface area contributed by atoms with Crippen LogP contribution < -0.4 is 15.0 Å². The second kappa shape index (κ2) is 6.56. The third-order valence-corrected chi connectivity index (χ3v) is 3.47. The van der Waals surface area contributed by atoms with Crippen molar-refractivity contribution in [2.45, 2.75) is 32.2 Å². The van der Waals surface area contributed by atoms with E-state index in [1.807, 2.05) is 6.92 Å². The normalized spacial score (nSPS) is 19.2. The first-order valence-corrected chi connectivity index (χ1v) is 7.01. The van der Waals surface area contributed by atoms with Crippen LogP contribution in [0.4, 0.5) is 10.1 Å². The molecule has 0 radical (unpaired) electrons. The van der Waals surface area contributed by atoms with Crippen molar-refractivity contribution in [2.75, 3.05) is 18.6 Å². The van der Waals surface area contributed by atoms with Crippen LogP contribution in [-0.2, 0) is 9.59 Å². The van der Waals surface area contributed by atoms with Crippen LogP contribution in [-0.4, -0.2) is 31.5 Å². The fourth-order valence-electron chi connectivity index (χ4n) is 2.44. The van der Waals surface area contributed by atoms with Crippen LogP contribution in [0, 0.1) is 5.82 Å². The minimum Gasteiger partial charge on any atom is -0.494 e. The molecule has 21 heavy (non-hydrogen) atoms. The second-order valence-corrected chi connectivity index (χ2v) is 4.96. The summed E-state index contributed by atoms with van der Waals surface area (Å²) in [6.45, 7) is 2.21. The third kappa shape index (κ3) is 3.32. The van der Waals surface area contributed by atoms with Crippen molar-refractivity contribution in [2.24, 2.45) is 0 Å². The van der Waals surface area contributed by atoms with Crippen molar-refractivity contribution in [1.82, 2.24) is 5.32 Å². The maximum absolute atomic E-state index is 13.3. The molecule has 1 aliphatic heterocycles. The molecule has 1 fully saturated rings. The number of rotatable bonds is 4. The summed E-state index contributed by atoms with van der Waals surface area (Å²) in [7, 11) is 1.42. The van der Waals surface area contributed by atoms with Gasteiger partial charge in [-0.2, -0.15) is 0 Å². The fourth-order valence-corrected chi connectivity index (χ4v) is 2.44. The molecule has 2 rings (SSSR count). The highest BCUT2D eigenvalue weighted by Gasteiger charge is 2.31. The Morgan fingerprint density at radius 1 is 1.43 bits per heavy atom. The fraction of sp³-hybridized carbons (Fsp3) is 0.467. The molecule has 5 nitrogen and oxygen atoms in total. The Morgan fingerprint density at radius 3 is 2.86 bits per heavy atom. The Kier molecular flexibility index (Phi) is 4.77. The zero-order chi connectivity index (χ0) is 15.4. The van der Waals surface area contributed by atoms with E-state index < -0.39 is 11.9 Å². The molecular weight excluding hydrogens is 275 g/mol. The molecule has 0 aromatic heterocycles. The van der Waals surface area contributed by atoms with E-state index in [0.717, 1.165) is 6.42 Å². The summed E-state index contributed by atoms with van der Waals surface area (Å²) in [5.74, 6) is -0.483.